The highest BCUT2D eigenvalue weighted by Crippen LogP contribution is 2.52. The third-order valence-corrected chi connectivity index (χ3v) is 21.6. The molecule has 0 spiro atoms. The number of amides is 10. The molecular formula is C74H112N10O17S. The van der Waals surface area contributed by atoms with Crippen molar-refractivity contribution in [3.63, 3.8) is 0 Å². The summed E-state index contributed by atoms with van der Waals surface area (Å²) in [7, 11) is 6.03. The molecule has 1 aliphatic heterocycles. The summed E-state index contributed by atoms with van der Waals surface area (Å²) in [5.41, 5.74) is 6.29. The quantitative estimate of drug-likeness (QED) is 0.0192. The molecule has 27 nitrogen and oxygen atoms in total. The molecule has 102 heavy (non-hydrogen) atoms. The van der Waals surface area contributed by atoms with Gasteiger partial charge in [-0.2, -0.15) is 0 Å². The number of ether oxygens (including phenoxy) is 3. The molecule has 5 rings (SSSR count). The van der Waals surface area contributed by atoms with Crippen molar-refractivity contribution in [2.45, 2.75) is 219 Å². The molecule has 12 atom stereocenters. The number of nitrogens with one attached hydrogen (secondary N) is 6. The van der Waals surface area contributed by atoms with Crippen molar-refractivity contribution in [3.05, 3.63) is 65.7 Å². The van der Waals surface area contributed by atoms with Crippen molar-refractivity contribution in [1.82, 2.24) is 41.3 Å². The Kier molecular flexibility index (Phi) is 33.8. The van der Waals surface area contributed by atoms with Crippen molar-refractivity contribution in [2.24, 2.45) is 46.7 Å². The third-order valence-electron chi connectivity index (χ3n) is 20.0. The number of Topliss-reactive ketones (excluding diaryl/α,β-unsaturated/α-hetero) is 3. The summed E-state index contributed by atoms with van der Waals surface area (Å²) in [5.74, 6) is -7.00. The lowest BCUT2D eigenvalue weighted by atomic mass is 9.89. The standard InChI is InChI=1S/C74H112N10O17S/c1-14-46(8)64(56(99-12)38-59(88)84-36-22-27-53(84)66(100-13)47(9)67(92)77-40-55(86)49-23-17-15-18-24-49)82(10)71(96)62(44(4)5)81-70(95)63(45(6)7)83(11)73(98)101-41-48-29-31-50(32-30-48)78-68(93)52(26-21-35-76-72(75)97)79-69(94)61(43(2)3)80-58(87)28-20-16-19-25-51-54(85)37-57(65(51)91)102-42-74(33-34-74)39-60(89)90/h15,17-18,23-24,29-32,43-47,51-53,56-57,61-64,66H,14,16,19-22,25-28,33-42H2,1-13H3,(H,77,92)(H,78,93)(H,79,94)(H,80,87)(H,81,95)(H,89,90)(H3,75,76,97)/t46-,47+,51?,52-,53-,56+,57?,61-,62-,63-,64-,66+/m0/s1. The van der Waals surface area contributed by atoms with Crippen molar-refractivity contribution < 1.29 is 81.6 Å². The minimum absolute atomic E-state index is 0.0562. The Balaban J connectivity index is 1.14. The highest BCUT2D eigenvalue weighted by atomic mass is 32.2. The number of likely N-dealkylation sites (tertiary alicyclic amines) is 1. The molecule has 0 radical (unpaired) electrons. The molecule has 1 saturated heterocycles. The molecule has 0 aromatic heterocycles. The fraction of sp³-hybridized carbons (Fsp3) is 0.662. The number of carbonyl (C=O) groups excluding carboxylic acids is 12. The number of carboxylic acids is 1. The number of carbonyl (C=O) groups is 13. The van der Waals surface area contributed by atoms with Gasteiger partial charge in [-0.3, -0.25) is 57.6 Å². The Bertz CT molecular complexity index is 3200. The SMILES string of the molecule is CC[C@H](C)[C@@H]([C@@H](CC(=O)N1CCC[C@H]1[C@H](OC)[C@@H](C)C(=O)NCC(=O)c1ccccc1)OC)N(C)C(=O)[C@@H](NC(=O)[C@H](C(C)C)N(C)C(=O)OCc1ccc(NC(=O)[C@H](CCCNC(N)=O)NC(=O)[C@@H](NC(=O)CCCCCC2C(=O)CC(SCC3(CC(=O)O)CC3)C2=O)C(C)C)cc1)C(C)C. The van der Waals surface area contributed by atoms with Crippen LogP contribution in [-0.4, -0.2) is 204 Å². The first-order valence-electron chi connectivity index (χ1n) is 35.9. The molecule has 2 unspecified atom stereocenters. The Labute approximate surface area is 604 Å². The van der Waals surface area contributed by atoms with E-state index in [9.17, 15) is 67.4 Å². The van der Waals surface area contributed by atoms with Gasteiger partial charge in [0.25, 0.3) is 0 Å². The van der Waals surface area contributed by atoms with Gasteiger partial charge in [0.15, 0.2) is 11.6 Å². The molecule has 28 heteroatoms. The Morgan fingerprint density at radius 1 is 0.755 bits per heavy atom. The zero-order chi connectivity index (χ0) is 75.7. The molecule has 2 aromatic rings. The van der Waals surface area contributed by atoms with Crippen LogP contribution in [0.1, 0.15) is 175 Å². The van der Waals surface area contributed by atoms with Gasteiger partial charge >= 0.3 is 18.1 Å². The van der Waals surface area contributed by atoms with E-state index in [-0.39, 0.29) is 98.7 Å². The van der Waals surface area contributed by atoms with Gasteiger partial charge in [-0.15, -0.1) is 11.8 Å². The Hall–Kier alpha value is -7.98. The average Bonchev–Trinajstić information content (AvgIpc) is 1.57. The molecular weight excluding hydrogens is 1330 g/mol. The van der Waals surface area contributed by atoms with Crippen molar-refractivity contribution >= 4 is 94.2 Å². The number of unbranched alkanes of at least 4 members (excludes halogenated alkanes) is 2. The summed E-state index contributed by atoms with van der Waals surface area (Å²) in [4.78, 5) is 178. The molecule has 2 saturated carbocycles. The second-order valence-corrected chi connectivity index (χ2v) is 29.9. The van der Waals surface area contributed by atoms with Gasteiger partial charge in [0.1, 0.15) is 36.6 Å². The van der Waals surface area contributed by atoms with Crippen LogP contribution in [0.2, 0.25) is 0 Å². The molecule has 9 N–H and O–H groups in total. The van der Waals surface area contributed by atoms with Gasteiger partial charge in [-0.25, -0.2) is 9.59 Å². The van der Waals surface area contributed by atoms with Crippen LogP contribution < -0.4 is 37.6 Å². The summed E-state index contributed by atoms with van der Waals surface area (Å²) in [6.07, 6.45) is 3.48. The maximum atomic E-state index is 14.8. The second kappa shape index (κ2) is 40.8. The van der Waals surface area contributed by atoms with Gasteiger partial charge in [0, 0.05) is 71.2 Å². The number of nitrogens with two attached hydrogens (primary N) is 1. The minimum atomic E-state index is -1.13. The fourth-order valence-electron chi connectivity index (χ4n) is 13.6. The number of hydrogen-bond donors (Lipinski definition) is 8. The summed E-state index contributed by atoms with van der Waals surface area (Å²) in [6, 6.07) is 8.81. The number of likely N-dealkylation sites (N-methyl/N-ethyl adjacent to an activating group) is 2. The molecule has 0 bridgehead atoms. The first-order chi connectivity index (χ1) is 48.3. The monoisotopic (exact) mass is 1440 g/mol. The van der Waals surface area contributed by atoms with Crippen LogP contribution in [0.3, 0.4) is 0 Å². The lowest BCUT2D eigenvalue weighted by Crippen LogP contribution is -2.60. The van der Waals surface area contributed by atoms with E-state index in [1.54, 1.807) is 115 Å². The van der Waals surface area contributed by atoms with E-state index in [2.05, 4.69) is 31.9 Å². The normalized spacial score (nSPS) is 18.9. The average molecular weight is 1450 g/mol. The number of aliphatic carboxylic acids is 1. The number of hydrogen-bond acceptors (Lipinski definition) is 17. The lowest BCUT2D eigenvalue weighted by Gasteiger charge is -2.41. The zero-order valence-corrected chi connectivity index (χ0v) is 62.6. The van der Waals surface area contributed by atoms with E-state index < -0.39 is 131 Å². The van der Waals surface area contributed by atoms with Crippen molar-refractivity contribution in [1.29, 1.82) is 0 Å². The molecule has 3 fully saturated rings. The van der Waals surface area contributed by atoms with Crippen molar-refractivity contribution in [2.75, 3.05) is 59.0 Å². The fourth-order valence-corrected chi connectivity index (χ4v) is 15.1. The van der Waals surface area contributed by atoms with Crippen LogP contribution in [0.25, 0.3) is 0 Å². The van der Waals surface area contributed by atoms with Gasteiger partial charge in [-0.1, -0.05) is 124 Å². The van der Waals surface area contributed by atoms with E-state index in [4.69, 9.17) is 19.9 Å². The number of rotatable bonds is 43. The first kappa shape index (κ1) is 84.7. The molecule has 3 aliphatic rings. The zero-order valence-electron chi connectivity index (χ0n) is 61.8. The maximum absolute atomic E-state index is 14.8. The largest absolute Gasteiger partial charge is 0.481 e. The van der Waals surface area contributed by atoms with Gasteiger partial charge < -0.3 is 66.8 Å². The highest BCUT2D eigenvalue weighted by molar-refractivity contribution is 8.00. The van der Waals surface area contributed by atoms with Crippen LogP contribution in [0.4, 0.5) is 15.3 Å². The van der Waals surface area contributed by atoms with Gasteiger partial charge in [-0.05, 0) is 98.1 Å². The van der Waals surface area contributed by atoms with Crippen LogP contribution in [0.15, 0.2) is 54.6 Å². The predicted molar refractivity (Wildman–Crippen MR) is 385 cm³/mol. The first-order valence-corrected chi connectivity index (χ1v) is 36.9. The number of nitrogens with zero attached hydrogens (tertiary/aromatic N) is 3. The highest BCUT2D eigenvalue weighted by Gasteiger charge is 2.48. The maximum Gasteiger partial charge on any atom is 0.410 e. The Morgan fingerprint density at radius 3 is 2.01 bits per heavy atom. The summed E-state index contributed by atoms with van der Waals surface area (Å²) < 4.78 is 17.7. The number of urea groups is 1. The Morgan fingerprint density at radius 2 is 1.42 bits per heavy atom. The molecule has 2 aliphatic carbocycles. The number of carboxylic acid groups (broad SMARTS) is 1. The number of primary amides is 1. The number of thioether (sulfide) groups is 1. The number of benzene rings is 2. The number of ketones is 3. The predicted octanol–water partition coefficient (Wildman–Crippen LogP) is 6.82. The van der Waals surface area contributed by atoms with Crippen LogP contribution >= 0.6 is 11.8 Å². The van der Waals surface area contributed by atoms with E-state index in [0.29, 0.717) is 74.1 Å². The lowest BCUT2D eigenvalue weighted by molar-refractivity contribution is -0.148. The smallest absolute Gasteiger partial charge is 0.410 e. The van der Waals surface area contributed by atoms with Crippen molar-refractivity contribution in [3.8, 4) is 0 Å². The number of methoxy groups -OCH3 is 2. The number of anilines is 1. The topological polar surface area (TPSA) is 378 Å². The summed E-state index contributed by atoms with van der Waals surface area (Å²) in [6.45, 7) is 16.3. The van der Waals surface area contributed by atoms with E-state index in [1.165, 1.54) is 42.8 Å². The summed E-state index contributed by atoms with van der Waals surface area (Å²) in [5, 5.41) is 25.3. The van der Waals surface area contributed by atoms with E-state index >= 15 is 0 Å². The third kappa shape index (κ3) is 24.9. The van der Waals surface area contributed by atoms with E-state index in [1.807, 2.05) is 13.8 Å². The molecule has 1 heterocycles. The van der Waals surface area contributed by atoms with Crippen LogP contribution in [0, 0.1) is 40.9 Å². The van der Waals surface area contributed by atoms with E-state index in [0.717, 1.165) is 12.8 Å². The molecule has 566 valence electrons. The van der Waals surface area contributed by atoms with Crippen LogP contribution in [0.5, 0.6) is 0 Å². The van der Waals surface area contributed by atoms with Gasteiger partial charge in [0.05, 0.1) is 60.8 Å². The molecule has 10 amide bonds. The minimum Gasteiger partial charge on any atom is -0.481 e. The molecule has 2 aromatic carbocycles. The van der Waals surface area contributed by atoms with Crippen LogP contribution in [-0.2, 0) is 68.8 Å². The van der Waals surface area contributed by atoms with Gasteiger partial charge in [0.2, 0.25) is 41.4 Å². The second-order valence-electron chi connectivity index (χ2n) is 28.7. The summed E-state index contributed by atoms with van der Waals surface area (Å²) >= 11 is 1.39.